The Morgan fingerprint density at radius 2 is 2.44 bits per heavy atom. The first-order chi connectivity index (χ1) is 7.79. The first-order valence-electron chi connectivity index (χ1n) is 5.82. The highest BCUT2D eigenvalue weighted by molar-refractivity contribution is 5.38. The van der Waals surface area contributed by atoms with Crippen LogP contribution in [0.3, 0.4) is 0 Å². The molecule has 88 valence electrons. The minimum atomic E-state index is 0.291. The van der Waals surface area contributed by atoms with Crippen LogP contribution in [0.2, 0.25) is 0 Å². The molecule has 0 radical (unpaired) electrons. The second kappa shape index (κ2) is 5.27. The number of hydrogen-bond acceptors (Lipinski definition) is 4. The lowest BCUT2D eigenvalue weighted by Crippen LogP contribution is -2.36. The predicted molar refractivity (Wildman–Crippen MR) is 63.7 cm³/mol. The predicted octanol–water partition coefficient (Wildman–Crippen LogP) is 0.868. The third-order valence-corrected chi connectivity index (χ3v) is 3.18. The van der Waals surface area contributed by atoms with Gasteiger partial charge in [0.15, 0.2) is 0 Å². The highest BCUT2D eigenvalue weighted by Gasteiger charge is 2.19. The molecule has 1 aromatic rings. The van der Waals surface area contributed by atoms with Crippen LogP contribution in [-0.2, 0) is 6.54 Å². The zero-order chi connectivity index (χ0) is 11.4. The van der Waals surface area contributed by atoms with Crippen LogP contribution in [0.5, 0.6) is 0 Å². The van der Waals surface area contributed by atoms with Crippen LogP contribution in [0.4, 0.5) is 5.82 Å². The van der Waals surface area contributed by atoms with Gasteiger partial charge in [0, 0.05) is 31.5 Å². The third kappa shape index (κ3) is 2.71. The molecular weight excluding hydrogens is 202 g/mol. The average Bonchev–Trinajstić information content (AvgIpc) is 2.32. The van der Waals surface area contributed by atoms with Gasteiger partial charge in [-0.1, -0.05) is 6.07 Å². The van der Waals surface area contributed by atoms with E-state index in [0.717, 1.165) is 38.0 Å². The summed E-state index contributed by atoms with van der Waals surface area (Å²) in [5, 5.41) is 9.17. The fourth-order valence-electron chi connectivity index (χ4n) is 2.27. The molecule has 1 aliphatic heterocycles. The smallest absolute Gasteiger partial charge is 0.127 e. The molecule has 1 fully saturated rings. The van der Waals surface area contributed by atoms with Crippen LogP contribution >= 0.6 is 0 Å². The van der Waals surface area contributed by atoms with Crippen molar-refractivity contribution in [3.8, 4) is 0 Å². The maximum absolute atomic E-state index is 9.17. The number of aliphatic hydroxyl groups excluding tert-OH is 1. The van der Waals surface area contributed by atoms with Crippen molar-refractivity contribution in [2.24, 2.45) is 5.92 Å². The minimum Gasteiger partial charge on any atom is -0.396 e. The Bertz CT molecular complexity index is 343. The maximum Gasteiger partial charge on any atom is 0.127 e. The molecule has 4 heteroatoms. The number of aromatic nitrogens is 1. The fraction of sp³-hybridized carbons (Fsp3) is 0.583. The minimum absolute atomic E-state index is 0.291. The van der Waals surface area contributed by atoms with Crippen LogP contribution in [0.1, 0.15) is 18.4 Å². The van der Waals surface area contributed by atoms with E-state index in [1.54, 1.807) is 6.20 Å². The Labute approximate surface area is 96.1 Å². The van der Waals surface area contributed by atoms with Gasteiger partial charge in [0.2, 0.25) is 0 Å². The Kier molecular flexibility index (Phi) is 3.74. The normalized spacial score (nSPS) is 22.2. The van der Waals surface area contributed by atoms with Gasteiger partial charge in [-0.3, -0.25) is 4.90 Å². The standard InChI is InChI=1S/C12H19N3O/c13-12-11(4-1-5-14-12)8-15-6-2-3-10(7-15)9-16/h1,4-5,10,16H,2-3,6-9H2,(H2,13,14). The Morgan fingerprint density at radius 1 is 1.56 bits per heavy atom. The monoisotopic (exact) mass is 221 g/mol. The Morgan fingerprint density at radius 3 is 3.19 bits per heavy atom. The molecule has 0 bridgehead atoms. The van der Waals surface area contributed by atoms with Gasteiger partial charge in [0.1, 0.15) is 5.82 Å². The number of nitrogens with zero attached hydrogens (tertiary/aromatic N) is 2. The molecule has 0 amide bonds. The van der Waals surface area contributed by atoms with Crippen LogP contribution < -0.4 is 5.73 Å². The van der Waals surface area contributed by atoms with Crippen molar-refractivity contribution in [1.82, 2.24) is 9.88 Å². The van der Waals surface area contributed by atoms with Crippen LogP contribution in [0.25, 0.3) is 0 Å². The van der Waals surface area contributed by atoms with Gasteiger partial charge in [-0.25, -0.2) is 4.98 Å². The van der Waals surface area contributed by atoms with Gasteiger partial charge in [-0.15, -0.1) is 0 Å². The number of piperidine rings is 1. The maximum atomic E-state index is 9.17. The van der Waals surface area contributed by atoms with E-state index in [-0.39, 0.29) is 0 Å². The fourth-order valence-corrected chi connectivity index (χ4v) is 2.27. The summed E-state index contributed by atoms with van der Waals surface area (Å²) in [6.07, 6.45) is 4.01. The number of likely N-dealkylation sites (tertiary alicyclic amines) is 1. The topological polar surface area (TPSA) is 62.4 Å². The quantitative estimate of drug-likeness (QED) is 0.795. The molecule has 0 aliphatic carbocycles. The first kappa shape index (κ1) is 11.4. The molecule has 0 spiro atoms. The highest BCUT2D eigenvalue weighted by Crippen LogP contribution is 2.19. The van der Waals surface area contributed by atoms with Gasteiger partial charge >= 0.3 is 0 Å². The van der Waals surface area contributed by atoms with Gasteiger partial charge in [0.05, 0.1) is 0 Å². The number of anilines is 1. The van der Waals surface area contributed by atoms with E-state index in [1.807, 2.05) is 12.1 Å². The summed E-state index contributed by atoms with van der Waals surface area (Å²) in [5.41, 5.74) is 6.90. The summed E-state index contributed by atoms with van der Waals surface area (Å²) in [4.78, 5) is 6.43. The average molecular weight is 221 g/mol. The van der Waals surface area contributed by atoms with E-state index in [9.17, 15) is 0 Å². The first-order valence-corrected chi connectivity index (χ1v) is 5.82. The Hall–Kier alpha value is -1.13. The number of rotatable bonds is 3. The summed E-state index contributed by atoms with van der Waals surface area (Å²) >= 11 is 0. The number of nitrogens with two attached hydrogens (primary N) is 1. The molecule has 16 heavy (non-hydrogen) atoms. The lowest BCUT2D eigenvalue weighted by molar-refractivity contribution is 0.116. The van der Waals surface area contributed by atoms with E-state index in [1.165, 1.54) is 0 Å². The zero-order valence-corrected chi connectivity index (χ0v) is 9.47. The van der Waals surface area contributed by atoms with Gasteiger partial charge in [-0.2, -0.15) is 0 Å². The van der Waals surface area contributed by atoms with Crippen molar-refractivity contribution in [2.45, 2.75) is 19.4 Å². The number of hydrogen-bond donors (Lipinski definition) is 2. The van der Waals surface area contributed by atoms with Gasteiger partial charge in [-0.05, 0) is 31.4 Å². The molecule has 1 unspecified atom stereocenters. The summed E-state index contributed by atoms with van der Waals surface area (Å²) in [6, 6.07) is 3.93. The molecule has 1 atom stereocenters. The van der Waals surface area contributed by atoms with Crippen molar-refractivity contribution in [2.75, 3.05) is 25.4 Å². The van der Waals surface area contributed by atoms with E-state index in [0.29, 0.717) is 18.3 Å². The van der Waals surface area contributed by atoms with Crippen LogP contribution in [0.15, 0.2) is 18.3 Å². The van der Waals surface area contributed by atoms with Crippen molar-refractivity contribution < 1.29 is 5.11 Å². The number of aliphatic hydroxyl groups is 1. The highest BCUT2D eigenvalue weighted by atomic mass is 16.3. The SMILES string of the molecule is Nc1ncccc1CN1CCCC(CO)C1. The summed E-state index contributed by atoms with van der Waals surface area (Å²) in [5.74, 6) is 1.04. The molecule has 1 saturated heterocycles. The number of pyridine rings is 1. The third-order valence-electron chi connectivity index (χ3n) is 3.18. The molecule has 1 aromatic heterocycles. The van der Waals surface area contributed by atoms with E-state index in [4.69, 9.17) is 10.8 Å². The van der Waals surface area contributed by atoms with Gasteiger partial charge < -0.3 is 10.8 Å². The zero-order valence-electron chi connectivity index (χ0n) is 9.47. The van der Waals surface area contributed by atoms with Crippen LogP contribution in [-0.4, -0.2) is 34.7 Å². The molecule has 4 nitrogen and oxygen atoms in total. The molecule has 1 aliphatic rings. The lowest BCUT2D eigenvalue weighted by Gasteiger charge is -2.31. The van der Waals surface area contributed by atoms with Crippen molar-refractivity contribution in [3.63, 3.8) is 0 Å². The van der Waals surface area contributed by atoms with Crippen molar-refractivity contribution in [3.05, 3.63) is 23.9 Å². The van der Waals surface area contributed by atoms with Crippen LogP contribution in [0, 0.1) is 5.92 Å². The molecular formula is C12H19N3O. The van der Waals surface area contributed by atoms with E-state index >= 15 is 0 Å². The molecule has 3 N–H and O–H groups in total. The Balaban J connectivity index is 1.97. The lowest BCUT2D eigenvalue weighted by atomic mass is 9.98. The second-order valence-electron chi connectivity index (χ2n) is 4.47. The summed E-state index contributed by atoms with van der Waals surface area (Å²) in [7, 11) is 0. The summed E-state index contributed by atoms with van der Waals surface area (Å²) in [6.45, 7) is 3.19. The molecule has 0 saturated carbocycles. The van der Waals surface area contributed by atoms with Gasteiger partial charge in [0.25, 0.3) is 0 Å². The van der Waals surface area contributed by atoms with E-state index in [2.05, 4.69) is 9.88 Å². The molecule has 0 aromatic carbocycles. The van der Waals surface area contributed by atoms with Crippen molar-refractivity contribution >= 4 is 5.82 Å². The van der Waals surface area contributed by atoms with Crippen molar-refractivity contribution in [1.29, 1.82) is 0 Å². The molecule has 2 rings (SSSR count). The molecule has 2 heterocycles. The van der Waals surface area contributed by atoms with E-state index < -0.39 is 0 Å². The number of nitrogen functional groups attached to an aromatic ring is 1. The largest absolute Gasteiger partial charge is 0.396 e. The summed E-state index contributed by atoms with van der Waals surface area (Å²) < 4.78 is 0. The second-order valence-corrected chi connectivity index (χ2v) is 4.47.